The van der Waals surface area contributed by atoms with E-state index in [1.165, 1.54) is 38.5 Å². The Morgan fingerprint density at radius 3 is 2.00 bits per heavy atom. The van der Waals surface area contributed by atoms with Gasteiger partial charge in [0.15, 0.2) is 0 Å². The fourth-order valence-electron chi connectivity index (χ4n) is 1.36. The van der Waals surface area contributed by atoms with Gasteiger partial charge in [-0.1, -0.05) is 59.8 Å². The Kier molecular flexibility index (Phi) is 8.26. The van der Waals surface area contributed by atoms with Gasteiger partial charge in [-0.05, 0) is 11.8 Å². The van der Waals surface area contributed by atoms with Crippen LogP contribution in [0.3, 0.4) is 0 Å². The molecule has 0 amide bonds. The molecule has 0 aliphatic rings. The second-order valence-corrected chi connectivity index (χ2v) is 5.38. The monoisotopic (exact) mass is 200 g/mol. The number of ether oxygens (including phenoxy) is 1. The van der Waals surface area contributed by atoms with Crippen LogP contribution >= 0.6 is 0 Å². The molecule has 0 bridgehead atoms. The summed E-state index contributed by atoms with van der Waals surface area (Å²) in [5.41, 5.74) is 0.322. The predicted octanol–water partition coefficient (Wildman–Crippen LogP) is 4.41. The lowest BCUT2D eigenvalue weighted by Crippen LogP contribution is -2.14. The van der Waals surface area contributed by atoms with Crippen molar-refractivity contribution in [2.75, 3.05) is 13.2 Å². The molecule has 0 aliphatic carbocycles. The van der Waals surface area contributed by atoms with Crippen LogP contribution in [-0.4, -0.2) is 13.2 Å². The molecule has 0 atom stereocenters. The fourth-order valence-corrected chi connectivity index (χ4v) is 1.36. The van der Waals surface area contributed by atoms with Gasteiger partial charge in [0, 0.05) is 6.61 Å². The summed E-state index contributed by atoms with van der Waals surface area (Å²) < 4.78 is 5.60. The van der Waals surface area contributed by atoms with E-state index >= 15 is 0 Å². The first kappa shape index (κ1) is 14.0. The second-order valence-electron chi connectivity index (χ2n) is 5.38. The molecular weight excluding hydrogens is 172 g/mol. The van der Waals surface area contributed by atoms with E-state index in [4.69, 9.17) is 4.74 Å². The lowest BCUT2D eigenvalue weighted by atomic mass is 9.99. The van der Waals surface area contributed by atoms with Crippen LogP contribution in [0.25, 0.3) is 0 Å². The molecular formula is C13H28O. The van der Waals surface area contributed by atoms with Crippen molar-refractivity contribution in [1.82, 2.24) is 0 Å². The zero-order valence-electron chi connectivity index (χ0n) is 10.6. The van der Waals surface area contributed by atoms with Gasteiger partial charge in [-0.2, -0.15) is 0 Å². The van der Waals surface area contributed by atoms with E-state index in [1.807, 2.05) is 0 Å². The first-order chi connectivity index (χ1) is 6.56. The molecule has 0 rings (SSSR count). The topological polar surface area (TPSA) is 9.23 Å². The number of unbranched alkanes of at least 4 members (excludes halogenated alkanes) is 5. The second kappa shape index (κ2) is 8.28. The fraction of sp³-hybridized carbons (Fsp3) is 1.00. The molecule has 0 aromatic rings. The minimum absolute atomic E-state index is 0.322. The highest BCUT2D eigenvalue weighted by Crippen LogP contribution is 2.13. The summed E-state index contributed by atoms with van der Waals surface area (Å²) in [5.74, 6) is 0. The van der Waals surface area contributed by atoms with Gasteiger partial charge < -0.3 is 4.74 Å². The maximum Gasteiger partial charge on any atom is 0.0514 e. The highest BCUT2D eigenvalue weighted by atomic mass is 16.5. The van der Waals surface area contributed by atoms with Crippen LogP contribution < -0.4 is 0 Å². The van der Waals surface area contributed by atoms with Crippen LogP contribution in [-0.2, 0) is 4.74 Å². The highest BCUT2D eigenvalue weighted by molar-refractivity contribution is 4.58. The Morgan fingerprint density at radius 2 is 1.43 bits per heavy atom. The van der Waals surface area contributed by atoms with E-state index in [1.54, 1.807) is 0 Å². The first-order valence-electron chi connectivity index (χ1n) is 6.14. The smallest absolute Gasteiger partial charge is 0.0514 e. The normalized spacial score (nSPS) is 12.0. The van der Waals surface area contributed by atoms with E-state index in [9.17, 15) is 0 Å². The van der Waals surface area contributed by atoms with Gasteiger partial charge in [-0.15, -0.1) is 0 Å². The average molecular weight is 200 g/mol. The summed E-state index contributed by atoms with van der Waals surface area (Å²) in [6.45, 7) is 10.7. The van der Waals surface area contributed by atoms with Gasteiger partial charge in [0.25, 0.3) is 0 Å². The van der Waals surface area contributed by atoms with E-state index in [2.05, 4.69) is 27.7 Å². The molecule has 0 aliphatic heterocycles. The summed E-state index contributed by atoms with van der Waals surface area (Å²) in [5, 5.41) is 0. The molecule has 0 heterocycles. The Balaban J connectivity index is 2.99. The Labute approximate surface area is 90.2 Å². The maximum absolute atomic E-state index is 5.60. The molecule has 0 N–H and O–H groups in total. The molecule has 0 radical (unpaired) electrons. The van der Waals surface area contributed by atoms with Crippen molar-refractivity contribution in [3.8, 4) is 0 Å². The van der Waals surface area contributed by atoms with Crippen molar-refractivity contribution in [1.29, 1.82) is 0 Å². The van der Waals surface area contributed by atoms with Gasteiger partial charge in [-0.3, -0.25) is 0 Å². The van der Waals surface area contributed by atoms with Gasteiger partial charge >= 0.3 is 0 Å². The quantitative estimate of drug-likeness (QED) is 0.527. The zero-order valence-corrected chi connectivity index (χ0v) is 10.6. The first-order valence-corrected chi connectivity index (χ1v) is 6.14. The SMILES string of the molecule is CCCCCCCCOCC(C)(C)C. The van der Waals surface area contributed by atoms with Crippen molar-refractivity contribution >= 4 is 0 Å². The largest absolute Gasteiger partial charge is 0.381 e. The van der Waals surface area contributed by atoms with Gasteiger partial charge in [0.1, 0.15) is 0 Å². The maximum atomic E-state index is 5.60. The molecule has 0 spiro atoms. The number of hydrogen-bond donors (Lipinski definition) is 0. The molecule has 0 aromatic carbocycles. The van der Waals surface area contributed by atoms with Crippen molar-refractivity contribution in [2.24, 2.45) is 5.41 Å². The summed E-state index contributed by atoms with van der Waals surface area (Å²) in [7, 11) is 0. The molecule has 0 fully saturated rings. The van der Waals surface area contributed by atoms with Crippen molar-refractivity contribution in [3.05, 3.63) is 0 Å². The molecule has 0 saturated carbocycles. The van der Waals surface area contributed by atoms with Crippen molar-refractivity contribution in [3.63, 3.8) is 0 Å². The van der Waals surface area contributed by atoms with Crippen LogP contribution in [0.15, 0.2) is 0 Å². The standard InChI is InChI=1S/C13H28O/c1-5-6-7-8-9-10-11-14-12-13(2,3)4/h5-12H2,1-4H3. The van der Waals surface area contributed by atoms with E-state index in [-0.39, 0.29) is 0 Å². The predicted molar refractivity (Wildman–Crippen MR) is 63.7 cm³/mol. The third kappa shape index (κ3) is 12.0. The lowest BCUT2D eigenvalue weighted by Gasteiger charge is -2.17. The van der Waals surface area contributed by atoms with Crippen LogP contribution in [0.4, 0.5) is 0 Å². The van der Waals surface area contributed by atoms with E-state index < -0.39 is 0 Å². The van der Waals surface area contributed by atoms with Crippen LogP contribution in [0, 0.1) is 5.41 Å². The van der Waals surface area contributed by atoms with Crippen LogP contribution in [0.2, 0.25) is 0 Å². The lowest BCUT2D eigenvalue weighted by molar-refractivity contribution is 0.0686. The van der Waals surface area contributed by atoms with Crippen molar-refractivity contribution < 1.29 is 4.74 Å². The molecule has 14 heavy (non-hydrogen) atoms. The third-order valence-corrected chi connectivity index (χ3v) is 2.18. The summed E-state index contributed by atoms with van der Waals surface area (Å²) in [4.78, 5) is 0. The molecule has 0 saturated heterocycles. The van der Waals surface area contributed by atoms with Crippen LogP contribution in [0.1, 0.15) is 66.2 Å². The highest BCUT2D eigenvalue weighted by Gasteiger charge is 2.09. The Bertz CT molecular complexity index is 113. The van der Waals surface area contributed by atoms with Gasteiger partial charge in [0.2, 0.25) is 0 Å². The number of hydrogen-bond acceptors (Lipinski definition) is 1. The average Bonchev–Trinajstić information content (AvgIpc) is 2.08. The molecule has 86 valence electrons. The molecule has 0 unspecified atom stereocenters. The summed E-state index contributed by atoms with van der Waals surface area (Å²) in [6.07, 6.45) is 8.08. The summed E-state index contributed by atoms with van der Waals surface area (Å²) >= 11 is 0. The minimum Gasteiger partial charge on any atom is -0.381 e. The number of rotatable bonds is 8. The van der Waals surface area contributed by atoms with Crippen molar-refractivity contribution in [2.45, 2.75) is 66.2 Å². The Morgan fingerprint density at radius 1 is 0.857 bits per heavy atom. The third-order valence-electron chi connectivity index (χ3n) is 2.18. The molecule has 0 aromatic heterocycles. The minimum atomic E-state index is 0.322. The van der Waals surface area contributed by atoms with Gasteiger partial charge in [0.05, 0.1) is 6.61 Å². The van der Waals surface area contributed by atoms with E-state index in [0.717, 1.165) is 13.2 Å². The van der Waals surface area contributed by atoms with Gasteiger partial charge in [-0.25, -0.2) is 0 Å². The molecule has 1 nitrogen and oxygen atoms in total. The Hall–Kier alpha value is -0.0400. The zero-order chi connectivity index (χ0) is 10.9. The molecule has 1 heteroatoms. The van der Waals surface area contributed by atoms with E-state index in [0.29, 0.717) is 5.41 Å². The summed E-state index contributed by atoms with van der Waals surface area (Å²) in [6, 6.07) is 0. The van der Waals surface area contributed by atoms with Crippen LogP contribution in [0.5, 0.6) is 0 Å².